The van der Waals surface area contributed by atoms with Gasteiger partial charge in [0.1, 0.15) is 19.2 Å². The first kappa shape index (κ1) is 14.0. The molecule has 6 heteroatoms. The summed E-state index contributed by atoms with van der Waals surface area (Å²) >= 11 is 0. The molecule has 0 amide bonds. The van der Waals surface area contributed by atoms with Crippen LogP contribution in [-0.4, -0.2) is 28.2 Å². The van der Waals surface area contributed by atoms with E-state index in [0.717, 1.165) is 25.1 Å². The fourth-order valence-corrected chi connectivity index (χ4v) is 1.82. The van der Waals surface area contributed by atoms with Gasteiger partial charge in [-0.15, -0.1) is 0 Å². The predicted octanol–water partition coefficient (Wildman–Crippen LogP) is 2.09. The summed E-state index contributed by atoms with van der Waals surface area (Å²) in [6.07, 6.45) is 3.26. The first-order valence-electron chi connectivity index (χ1n) is 6.41. The van der Waals surface area contributed by atoms with Gasteiger partial charge in [-0.1, -0.05) is 6.92 Å². The number of aryl methyl sites for hydroxylation is 1. The van der Waals surface area contributed by atoms with E-state index in [1.165, 1.54) is 13.4 Å². The highest BCUT2D eigenvalue weighted by Crippen LogP contribution is 2.28. The average Bonchev–Trinajstić information content (AvgIpc) is 2.92. The summed E-state index contributed by atoms with van der Waals surface area (Å²) in [5.41, 5.74) is 0.545. The lowest BCUT2D eigenvalue weighted by Gasteiger charge is -2.11. The number of methoxy groups -OCH3 is 1. The molecule has 0 saturated heterocycles. The van der Waals surface area contributed by atoms with Crippen molar-refractivity contribution in [2.45, 2.75) is 26.5 Å². The van der Waals surface area contributed by atoms with Gasteiger partial charge in [0, 0.05) is 12.1 Å². The summed E-state index contributed by atoms with van der Waals surface area (Å²) in [7, 11) is 1.54. The summed E-state index contributed by atoms with van der Waals surface area (Å²) in [6, 6.07) is 5.03. The van der Waals surface area contributed by atoms with E-state index in [0.29, 0.717) is 23.7 Å². The van der Waals surface area contributed by atoms with E-state index < -0.39 is 0 Å². The van der Waals surface area contributed by atoms with Crippen LogP contribution in [0.3, 0.4) is 0 Å². The molecule has 0 radical (unpaired) electrons. The highest BCUT2D eigenvalue weighted by molar-refractivity contribution is 5.76. The van der Waals surface area contributed by atoms with Gasteiger partial charge in [0.05, 0.1) is 7.11 Å². The maximum atomic E-state index is 10.7. The molecule has 0 N–H and O–H groups in total. The Balaban J connectivity index is 2.10. The normalized spacial score (nSPS) is 10.3. The molecule has 0 aliphatic carbocycles. The Morgan fingerprint density at radius 1 is 1.35 bits per heavy atom. The summed E-state index contributed by atoms with van der Waals surface area (Å²) in [4.78, 5) is 14.9. The minimum atomic E-state index is 0.302. The zero-order chi connectivity index (χ0) is 14.4. The van der Waals surface area contributed by atoms with Gasteiger partial charge in [-0.2, -0.15) is 5.10 Å². The molecule has 0 bridgehead atoms. The first-order valence-corrected chi connectivity index (χ1v) is 6.41. The van der Waals surface area contributed by atoms with E-state index in [-0.39, 0.29) is 0 Å². The van der Waals surface area contributed by atoms with Crippen LogP contribution in [0.25, 0.3) is 0 Å². The third-order valence-corrected chi connectivity index (χ3v) is 2.81. The number of aldehydes is 1. The standard InChI is InChI=1S/C14H17N3O3/c1-3-6-17-14(15-10-16-17)9-20-12-5-4-11(8-18)7-13(12)19-2/h4-5,7-8,10H,3,6,9H2,1-2H3. The van der Waals surface area contributed by atoms with Gasteiger partial charge in [-0.05, 0) is 24.6 Å². The zero-order valence-electron chi connectivity index (χ0n) is 11.6. The minimum Gasteiger partial charge on any atom is -0.493 e. The third-order valence-electron chi connectivity index (χ3n) is 2.81. The van der Waals surface area contributed by atoms with E-state index in [1.54, 1.807) is 18.2 Å². The highest BCUT2D eigenvalue weighted by atomic mass is 16.5. The SMILES string of the molecule is CCCn1ncnc1COc1ccc(C=O)cc1OC. The fourth-order valence-electron chi connectivity index (χ4n) is 1.82. The maximum absolute atomic E-state index is 10.7. The van der Waals surface area contributed by atoms with E-state index in [1.807, 2.05) is 4.68 Å². The van der Waals surface area contributed by atoms with Crippen molar-refractivity contribution >= 4 is 6.29 Å². The molecule has 0 fully saturated rings. The number of hydrogen-bond acceptors (Lipinski definition) is 5. The number of rotatable bonds is 7. The van der Waals surface area contributed by atoms with Crippen LogP contribution in [0.1, 0.15) is 29.5 Å². The second kappa shape index (κ2) is 6.70. The lowest BCUT2D eigenvalue weighted by Crippen LogP contribution is -2.08. The second-order valence-corrected chi connectivity index (χ2v) is 4.22. The van der Waals surface area contributed by atoms with Gasteiger partial charge in [-0.3, -0.25) is 4.79 Å². The summed E-state index contributed by atoms with van der Waals surface area (Å²) in [5.74, 6) is 1.86. The van der Waals surface area contributed by atoms with Gasteiger partial charge in [0.2, 0.25) is 0 Å². The molecule has 2 rings (SSSR count). The molecule has 6 nitrogen and oxygen atoms in total. The Morgan fingerprint density at radius 3 is 2.90 bits per heavy atom. The van der Waals surface area contributed by atoms with Gasteiger partial charge >= 0.3 is 0 Å². The number of aromatic nitrogens is 3. The van der Waals surface area contributed by atoms with Crippen molar-refractivity contribution in [2.24, 2.45) is 0 Å². The molecule has 0 spiro atoms. The summed E-state index contributed by atoms with van der Waals surface area (Å²) in [5, 5.41) is 4.14. The minimum absolute atomic E-state index is 0.302. The van der Waals surface area contributed by atoms with Crippen molar-refractivity contribution in [3.63, 3.8) is 0 Å². The summed E-state index contributed by atoms with van der Waals surface area (Å²) < 4.78 is 12.7. The quantitative estimate of drug-likeness (QED) is 0.724. The number of carbonyl (C=O) groups excluding carboxylic acids is 1. The van der Waals surface area contributed by atoms with Crippen LogP contribution >= 0.6 is 0 Å². The molecule has 1 aromatic heterocycles. The van der Waals surface area contributed by atoms with Gasteiger partial charge in [0.15, 0.2) is 17.3 Å². The first-order chi connectivity index (χ1) is 9.78. The Kier molecular flexibility index (Phi) is 4.70. The van der Waals surface area contributed by atoms with Gasteiger partial charge < -0.3 is 9.47 Å². The van der Waals surface area contributed by atoms with Crippen LogP contribution < -0.4 is 9.47 Å². The van der Waals surface area contributed by atoms with Crippen molar-refractivity contribution in [1.29, 1.82) is 0 Å². The second-order valence-electron chi connectivity index (χ2n) is 4.22. The highest BCUT2D eigenvalue weighted by Gasteiger charge is 2.09. The smallest absolute Gasteiger partial charge is 0.164 e. The van der Waals surface area contributed by atoms with E-state index in [4.69, 9.17) is 9.47 Å². The van der Waals surface area contributed by atoms with Crippen molar-refractivity contribution in [3.05, 3.63) is 35.9 Å². The molecule has 0 aliphatic rings. The number of carbonyl (C=O) groups is 1. The summed E-state index contributed by atoms with van der Waals surface area (Å²) in [6.45, 7) is 3.18. The van der Waals surface area contributed by atoms with Crippen molar-refractivity contribution in [2.75, 3.05) is 7.11 Å². The molecule has 0 unspecified atom stereocenters. The monoisotopic (exact) mass is 275 g/mol. The van der Waals surface area contributed by atoms with Crippen LogP contribution in [0.5, 0.6) is 11.5 Å². The molecular weight excluding hydrogens is 258 g/mol. The number of nitrogens with zero attached hydrogens (tertiary/aromatic N) is 3. The Hall–Kier alpha value is -2.37. The lowest BCUT2D eigenvalue weighted by atomic mass is 10.2. The van der Waals surface area contributed by atoms with E-state index >= 15 is 0 Å². The Morgan fingerprint density at radius 2 is 2.20 bits per heavy atom. The van der Waals surface area contributed by atoms with Crippen molar-refractivity contribution in [3.8, 4) is 11.5 Å². The predicted molar refractivity (Wildman–Crippen MR) is 73.0 cm³/mol. The van der Waals surface area contributed by atoms with Crippen LogP contribution in [-0.2, 0) is 13.2 Å². The molecule has 2 aromatic rings. The molecular formula is C14H17N3O3. The van der Waals surface area contributed by atoms with Crippen LogP contribution in [0.2, 0.25) is 0 Å². The molecule has 0 atom stereocenters. The lowest BCUT2D eigenvalue weighted by molar-refractivity contribution is 0.112. The zero-order valence-corrected chi connectivity index (χ0v) is 11.6. The molecule has 0 saturated carbocycles. The molecule has 1 aromatic carbocycles. The Bertz CT molecular complexity index is 581. The van der Waals surface area contributed by atoms with Crippen LogP contribution in [0.15, 0.2) is 24.5 Å². The molecule has 106 valence electrons. The van der Waals surface area contributed by atoms with Crippen molar-refractivity contribution in [1.82, 2.24) is 14.8 Å². The van der Waals surface area contributed by atoms with Gasteiger partial charge in [0.25, 0.3) is 0 Å². The number of benzene rings is 1. The third kappa shape index (κ3) is 3.14. The maximum Gasteiger partial charge on any atom is 0.164 e. The topological polar surface area (TPSA) is 66.2 Å². The molecule has 1 heterocycles. The molecule has 0 aliphatic heterocycles. The van der Waals surface area contributed by atoms with E-state index in [2.05, 4.69) is 17.0 Å². The largest absolute Gasteiger partial charge is 0.493 e. The van der Waals surface area contributed by atoms with Crippen LogP contribution in [0.4, 0.5) is 0 Å². The average molecular weight is 275 g/mol. The van der Waals surface area contributed by atoms with Crippen LogP contribution in [0, 0.1) is 0 Å². The molecule has 20 heavy (non-hydrogen) atoms. The number of ether oxygens (including phenoxy) is 2. The fraction of sp³-hybridized carbons (Fsp3) is 0.357. The van der Waals surface area contributed by atoms with E-state index in [9.17, 15) is 4.79 Å². The Labute approximate surface area is 117 Å². The van der Waals surface area contributed by atoms with Gasteiger partial charge in [-0.25, -0.2) is 9.67 Å². The van der Waals surface area contributed by atoms with Crippen molar-refractivity contribution < 1.29 is 14.3 Å². The number of hydrogen-bond donors (Lipinski definition) is 0.